The first-order chi connectivity index (χ1) is 9.58. The fraction of sp³-hybridized carbons (Fsp3) is 0.500. The van der Waals surface area contributed by atoms with E-state index in [4.69, 9.17) is 5.84 Å². The molecule has 0 atom stereocenters. The maximum absolute atomic E-state index is 11.9. The standard InChI is InChI=1S/C12H18N6O2/c1-7-6-9(17-12(15-7)18-13)11(20)14-5-4-10(19)16-8-2-3-8/h6,8H,2-5,13H2,1H3,(H,14,20)(H,16,19)(H,15,17,18). The van der Waals surface area contributed by atoms with Crippen LogP contribution in [0.15, 0.2) is 6.07 Å². The molecule has 1 fully saturated rings. The minimum absolute atomic E-state index is 0.0454. The number of hydrogen-bond acceptors (Lipinski definition) is 6. The summed E-state index contributed by atoms with van der Waals surface area (Å²) in [6, 6.07) is 1.89. The number of anilines is 1. The minimum atomic E-state index is -0.355. The van der Waals surface area contributed by atoms with Crippen LogP contribution in [-0.4, -0.2) is 34.4 Å². The van der Waals surface area contributed by atoms with Crippen LogP contribution in [0.1, 0.15) is 35.4 Å². The molecule has 0 spiro atoms. The smallest absolute Gasteiger partial charge is 0.270 e. The normalized spacial score (nSPS) is 13.7. The highest BCUT2D eigenvalue weighted by molar-refractivity contribution is 5.92. The van der Waals surface area contributed by atoms with Crippen molar-refractivity contribution in [3.63, 3.8) is 0 Å². The quantitative estimate of drug-likeness (QED) is 0.410. The number of nitrogens with zero attached hydrogens (tertiary/aromatic N) is 2. The molecule has 108 valence electrons. The van der Waals surface area contributed by atoms with Gasteiger partial charge in [0.05, 0.1) is 0 Å². The molecule has 0 aliphatic heterocycles. The van der Waals surface area contributed by atoms with Gasteiger partial charge in [-0.2, -0.15) is 0 Å². The summed E-state index contributed by atoms with van der Waals surface area (Å²) in [6.45, 7) is 2.01. The number of nitrogens with one attached hydrogen (secondary N) is 3. The zero-order chi connectivity index (χ0) is 14.5. The van der Waals surface area contributed by atoms with Crippen LogP contribution >= 0.6 is 0 Å². The zero-order valence-corrected chi connectivity index (χ0v) is 11.3. The van der Waals surface area contributed by atoms with Gasteiger partial charge in [0.15, 0.2) is 0 Å². The Bertz CT molecular complexity index is 515. The van der Waals surface area contributed by atoms with Crippen LogP contribution < -0.4 is 21.9 Å². The van der Waals surface area contributed by atoms with E-state index in [0.29, 0.717) is 11.7 Å². The molecule has 0 aromatic carbocycles. The van der Waals surface area contributed by atoms with E-state index in [1.54, 1.807) is 13.0 Å². The van der Waals surface area contributed by atoms with Crippen molar-refractivity contribution in [3.8, 4) is 0 Å². The lowest BCUT2D eigenvalue weighted by Gasteiger charge is -2.07. The van der Waals surface area contributed by atoms with E-state index in [2.05, 4.69) is 26.0 Å². The number of hydrazine groups is 1. The van der Waals surface area contributed by atoms with Crippen LogP contribution in [0.25, 0.3) is 0 Å². The summed E-state index contributed by atoms with van der Waals surface area (Å²) in [6.07, 6.45) is 2.36. The molecule has 8 nitrogen and oxygen atoms in total. The average molecular weight is 278 g/mol. The van der Waals surface area contributed by atoms with Crippen molar-refractivity contribution >= 4 is 17.8 Å². The number of rotatable bonds is 6. The van der Waals surface area contributed by atoms with Crippen molar-refractivity contribution < 1.29 is 9.59 Å². The second-order valence-electron chi connectivity index (χ2n) is 4.71. The lowest BCUT2D eigenvalue weighted by atomic mass is 10.3. The summed E-state index contributed by atoms with van der Waals surface area (Å²) in [4.78, 5) is 31.3. The van der Waals surface area contributed by atoms with Gasteiger partial charge in [-0.25, -0.2) is 15.8 Å². The number of aryl methyl sites for hydroxylation is 1. The lowest BCUT2D eigenvalue weighted by Crippen LogP contribution is -2.32. The van der Waals surface area contributed by atoms with Gasteiger partial charge in [-0.15, -0.1) is 0 Å². The first-order valence-electron chi connectivity index (χ1n) is 6.48. The van der Waals surface area contributed by atoms with Gasteiger partial charge >= 0.3 is 0 Å². The number of carbonyl (C=O) groups is 2. The van der Waals surface area contributed by atoms with E-state index in [1.165, 1.54) is 0 Å². The Hall–Kier alpha value is -2.22. The highest BCUT2D eigenvalue weighted by atomic mass is 16.2. The van der Waals surface area contributed by atoms with Crippen LogP contribution in [0.4, 0.5) is 5.95 Å². The SMILES string of the molecule is Cc1cc(C(=O)NCCC(=O)NC2CC2)nc(NN)n1. The Labute approximate surface area is 116 Å². The Morgan fingerprint density at radius 3 is 2.80 bits per heavy atom. The number of hydrogen-bond donors (Lipinski definition) is 4. The molecular weight excluding hydrogens is 260 g/mol. The van der Waals surface area contributed by atoms with Crippen molar-refractivity contribution in [3.05, 3.63) is 17.5 Å². The van der Waals surface area contributed by atoms with E-state index >= 15 is 0 Å². The van der Waals surface area contributed by atoms with Crippen LogP contribution in [0.3, 0.4) is 0 Å². The third-order valence-electron chi connectivity index (χ3n) is 2.80. The van der Waals surface area contributed by atoms with Crippen molar-refractivity contribution in [1.82, 2.24) is 20.6 Å². The van der Waals surface area contributed by atoms with E-state index in [9.17, 15) is 9.59 Å². The first-order valence-corrected chi connectivity index (χ1v) is 6.48. The Morgan fingerprint density at radius 1 is 1.40 bits per heavy atom. The van der Waals surface area contributed by atoms with Crippen LogP contribution in [-0.2, 0) is 4.79 Å². The maximum Gasteiger partial charge on any atom is 0.270 e. The first kappa shape index (κ1) is 14.2. The Balaban J connectivity index is 1.81. The van der Waals surface area contributed by atoms with Gasteiger partial charge in [-0.3, -0.25) is 15.0 Å². The number of carbonyl (C=O) groups excluding carboxylic acids is 2. The maximum atomic E-state index is 11.9. The molecule has 8 heteroatoms. The highest BCUT2D eigenvalue weighted by Crippen LogP contribution is 2.18. The number of nitrogens with two attached hydrogens (primary N) is 1. The minimum Gasteiger partial charge on any atom is -0.353 e. The van der Waals surface area contributed by atoms with Gasteiger partial charge in [-0.1, -0.05) is 0 Å². The summed E-state index contributed by atoms with van der Waals surface area (Å²) >= 11 is 0. The molecule has 1 aromatic heterocycles. The van der Waals surface area contributed by atoms with Crippen molar-refractivity contribution in [2.24, 2.45) is 5.84 Å². The van der Waals surface area contributed by atoms with Gasteiger partial charge in [0.2, 0.25) is 11.9 Å². The lowest BCUT2D eigenvalue weighted by molar-refractivity contribution is -0.121. The van der Waals surface area contributed by atoms with E-state index in [1.807, 2.05) is 0 Å². The Kier molecular flexibility index (Phi) is 4.46. The molecule has 1 aliphatic carbocycles. The molecule has 0 unspecified atom stereocenters. The molecule has 5 N–H and O–H groups in total. The molecular formula is C12H18N6O2. The fourth-order valence-electron chi connectivity index (χ4n) is 1.66. The third-order valence-corrected chi connectivity index (χ3v) is 2.80. The molecule has 1 aromatic rings. The van der Waals surface area contributed by atoms with Gasteiger partial charge in [-0.05, 0) is 25.8 Å². The zero-order valence-electron chi connectivity index (χ0n) is 11.3. The van der Waals surface area contributed by atoms with Crippen LogP contribution in [0, 0.1) is 6.92 Å². The molecule has 0 radical (unpaired) electrons. The van der Waals surface area contributed by atoms with Gasteiger partial charge in [0.25, 0.3) is 5.91 Å². The second kappa shape index (κ2) is 6.29. The van der Waals surface area contributed by atoms with E-state index in [-0.39, 0.29) is 36.4 Å². The predicted octanol–water partition coefficient (Wildman–Crippen LogP) is -0.531. The fourth-order valence-corrected chi connectivity index (χ4v) is 1.66. The summed E-state index contributed by atoms with van der Waals surface area (Å²) in [5.74, 6) is 5.00. The van der Waals surface area contributed by atoms with Crippen molar-refractivity contribution in [2.75, 3.05) is 12.0 Å². The largest absolute Gasteiger partial charge is 0.353 e. The molecule has 2 amide bonds. The van der Waals surface area contributed by atoms with E-state index < -0.39 is 0 Å². The highest BCUT2D eigenvalue weighted by Gasteiger charge is 2.22. The monoisotopic (exact) mass is 278 g/mol. The topological polar surface area (TPSA) is 122 Å². The van der Waals surface area contributed by atoms with Crippen LogP contribution in [0.5, 0.6) is 0 Å². The van der Waals surface area contributed by atoms with Gasteiger partial charge in [0, 0.05) is 24.7 Å². The summed E-state index contributed by atoms with van der Waals surface area (Å²) in [7, 11) is 0. The van der Waals surface area contributed by atoms with Crippen LogP contribution in [0.2, 0.25) is 0 Å². The summed E-state index contributed by atoms with van der Waals surface area (Å²) in [5.41, 5.74) is 3.14. The number of amides is 2. The molecule has 1 aliphatic rings. The van der Waals surface area contributed by atoms with E-state index in [0.717, 1.165) is 12.8 Å². The molecule has 1 heterocycles. The Morgan fingerprint density at radius 2 is 2.15 bits per heavy atom. The molecule has 2 rings (SSSR count). The van der Waals surface area contributed by atoms with Crippen molar-refractivity contribution in [2.45, 2.75) is 32.2 Å². The van der Waals surface area contributed by atoms with Crippen molar-refractivity contribution in [1.29, 1.82) is 0 Å². The molecule has 20 heavy (non-hydrogen) atoms. The molecule has 0 bridgehead atoms. The van der Waals surface area contributed by atoms with Gasteiger partial charge in [0.1, 0.15) is 5.69 Å². The summed E-state index contributed by atoms with van der Waals surface area (Å²) in [5, 5.41) is 5.50. The molecule has 0 saturated heterocycles. The average Bonchev–Trinajstić information content (AvgIpc) is 3.21. The summed E-state index contributed by atoms with van der Waals surface area (Å²) < 4.78 is 0. The second-order valence-corrected chi connectivity index (χ2v) is 4.71. The predicted molar refractivity (Wildman–Crippen MR) is 72.7 cm³/mol. The van der Waals surface area contributed by atoms with Gasteiger partial charge < -0.3 is 10.6 Å². The molecule has 1 saturated carbocycles. The third kappa shape index (κ3) is 4.16. The number of aromatic nitrogens is 2. The number of nitrogen functional groups attached to an aromatic ring is 1.